The van der Waals surface area contributed by atoms with Gasteiger partial charge in [-0.2, -0.15) is 0 Å². The summed E-state index contributed by atoms with van der Waals surface area (Å²) in [5.74, 6) is 0. The molecule has 20 heavy (non-hydrogen) atoms. The van der Waals surface area contributed by atoms with E-state index in [9.17, 15) is 10.1 Å². The van der Waals surface area contributed by atoms with Crippen LogP contribution in [0.2, 0.25) is 5.02 Å². The third kappa shape index (κ3) is 3.27. The van der Waals surface area contributed by atoms with Gasteiger partial charge in [-0.1, -0.05) is 23.7 Å². The number of nitro groups is 1. The van der Waals surface area contributed by atoms with Gasteiger partial charge in [-0.15, -0.1) is 0 Å². The van der Waals surface area contributed by atoms with E-state index < -0.39 is 0 Å². The molecular weight excluding hydrogens is 276 g/mol. The van der Waals surface area contributed by atoms with Crippen LogP contribution in [0.3, 0.4) is 0 Å². The summed E-state index contributed by atoms with van der Waals surface area (Å²) in [6.07, 6.45) is 0. The lowest BCUT2D eigenvalue weighted by atomic mass is 10.1. The number of hydrogen-bond donors (Lipinski definition) is 1. The summed E-state index contributed by atoms with van der Waals surface area (Å²) in [4.78, 5) is 10.5. The first-order chi connectivity index (χ1) is 9.47. The van der Waals surface area contributed by atoms with Gasteiger partial charge in [0.1, 0.15) is 0 Å². The number of aryl methyl sites for hydroxylation is 2. The molecule has 0 saturated heterocycles. The Morgan fingerprint density at radius 3 is 2.60 bits per heavy atom. The molecule has 0 aliphatic carbocycles. The maximum absolute atomic E-state index is 10.9. The summed E-state index contributed by atoms with van der Waals surface area (Å²) in [5, 5.41) is 14.9. The molecule has 0 aliphatic rings. The van der Waals surface area contributed by atoms with Crippen LogP contribution in [0.5, 0.6) is 0 Å². The number of halogens is 1. The summed E-state index contributed by atoms with van der Waals surface area (Å²) >= 11 is 5.94. The average Bonchev–Trinajstić information content (AvgIpc) is 2.39. The number of nitro benzene ring substituents is 1. The summed E-state index contributed by atoms with van der Waals surface area (Å²) in [6.45, 7) is 4.22. The minimum atomic E-state index is -0.358. The second kappa shape index (κ2) is 5.92. The van der Waals surface area contributed by atoms with Crippen molar-refractivity contribution in [2.75, 3.05) is 5.32 Å². The Balaban J connectivity index is 2.18. The van der Waals surface area contributed by atoms with Crippen LogP contribution in [0.1, 0.15) is 16.7 Å². The van der Waals surface area contributed by atoms with Crippen molar-refractivity contribution in [2.24, 2.45) is 0 Å². The van der Waals surface area contributed by atoms with Crippen LogP contribution in [0.25, 0.3) is 0 Å². The molecule has 0 amide bonds. The van der Waals surface area contributed by atoms with Crippen LogP contribution >= 0.6 is 11.6 Å². The van der Waals surface area contributed by atoms with E-state index in [4.69, 9.17) is 11.6 Å². The number of nitrogens with one attached hydrogen (secondary N) is 1. The van der Waals surface area contributed by atoms with Gasteiger partial charge in [0, 0.05) is 28.9 Å². The zero-order valence-corrected chi connectivity index (χ0v) is 12.1. The van der Waals surface area contributed by atoms with E-state index in [1.807, 2.05) is 31.2 Å². The molecule has 0 aliphatic heterocycles. The van der Waals surface area contributed by atoms with E-state index in [0.29, 0.717) is 17.1 Å². The Morgan fingerprint density at radius 1 is 1.20 bits per heavy atom. The van der Waals surface area contributed by atoms with Crippen molar-refractivity contribution in [3.8, 4) is 0 Å². The normalized spacial score (nSPS) is 10.3. The van der Waals surface area contributed by atoms with Crippen LogP contribution in [0.4, 0.5) is 11.4 Å². The molecule has 104 valence electrons. The van der Waals surface area contributed by atoms with Gasteiger partial charge in [0.15, 0.2) is 0 Å². The van der Waals surface area contributed by atoms with E-state index in [2.05, 4.69) is 5.32 Å². The topological polar surface area (TPSA) is 55.2 Å². The molecule has 0 spiro atoms. The molecule has 0 aromatic heterocycles. The van der Waals surface area contributed by atoms with Crippen molar-refractivity contribution in [2.45, 2.75) is 20.4 Å². The molecule has 0 fully saturated rings. The standard InChI is InChI=1S/C15H15ClN2O2/c1-10-7-15(18(19)20)11(2)6-14(10)17-9-12-4-3-5-13(16)8-12/h3-8,17H,9H2,1-2H3. The van der Waals surface area contributed by atoms with Crippen molar-refractivity contribution in [3.05, 3.63) is 68.2 Å². The maximum atomic E-state index is 10.9. The summed E-state index contributed by atoms with van der Waals surface area (Å²) in [6, 6.07) is 11.0. The maximum Gasteiger partial charge on any atom is 0.272 e. The Kier molecular flexibility index (Phi) is 4.25. The van der Waals surface area contributed by atoms with Gasteiger partial charge in [0.05, 0.1) is 4.92 Å². The van der Waals surface area contributed by atoms with Gasteiger partial charge in [-0.3, -0.25) is 10.1 Å². The first kappa shape index (κ1) is 14.3. The van der Waals surface area contributed by atoms with Gasteiger partial charge in [0.25, 0.3) is 5.69 Å². The fourth-order valence-electron chi connectivity index (χ4n) is 2.03. The van der Waals surface area contributed by atoms with Crippen molar-refractivity contribution in [1.29, 1.82) is 0 Å². The highest BCUT2D eigenvalue weighted by atomic mass is 35.5. The molecule has 5 heteroatoms. The third-order valence-corrected chi connectivity index (χ3v) is 3.35. The quantitative estimate of drug-likeness (QED) is 0.667. The number of benzene rings is 2. The first-order valence-corrected chi connectivity index (χ1v) is 6.59. The summed E-state index contributed by atoms with van der Waals surface area (Å²) in [5.41, 5.74) is 3.61. The molecule has 2 aromatic carbocycles. The predicted molar refractivity (Wildman–Crippen MR) is 81.3 cm³/mol. The molecule has 0 saturated carbocycles. The summed E-state index contributed by atoms with van der Waals surface area (Å²) < 4.78 is 0. The molecule has 4 nitrogen and oxygen atoms in total. The fourth-order valence-corrected chi connectivity index (χ4v) is 2.25. The zero-order valence-electron chi connectivity index (χ0n) is 11.3. The highest BCUT2D eigenvalue weighted by molar-refractivity contribution is 6.30. The molecule has 1 N–H and O–H groups in total. The Hall–Kier alpha value is -2.07. The summed E-state index contributed by atoms with van der Waals surface area (Å²) in [7, 11) is 0. The molecule has 0 bridgehead atoms. The van der Waals surface area contributed by atoms with Crippen molar-refractivity contribution >= 4 is 23.0 Å². The van der Waals surface area contributed by atoms with Gasteiger partial charge < -0.3 is 5.32 Å². The second-order valence-electron chi connectivity index (χ2n) is 4.69. The molecule has 0 heterocycles. The van der Waals surface area contributed by atoms with Crippen molar-refractivity contribution in [3.63, 3.8) is 0 Å². The van der Waals surface area contributed by atoms with Gasteiger partial charge >= 0.3 is 0 Å². The van der Waals surface area contributed by atoms with Crippen LogP contribution in [-0.2, 0) is 6.54 Å². The van der Waals surface area contributed by atoms with Gasteiger partial charge in [-0.05, 0) is 43.2 Å². The fraction of sp³-hybridized carbons (Fsp3) is 0.200. The average molecular weight is 291 g/mol. The number of hydrogen-bond acceptors (Lipinski definition) is 3. The Bertz CT molecular complexity index is 656. The van der Waals surface area contributed by atoms with Crippen LogP contribution < -0.4 is 5.32 Å². The Morgan fingerprint density at radius 2 is 1.95 bits per heavy atom. The number of rotatable bonds is 4. The lowest BCUT2D eigenvalue weighted by molar-refractivity contribution is -0.385. The lowest BCUT2D eigenvalue weighted by Crippen LogP contribution is -2.02. The van der Waals surface area contributed by atoms with Crippen molar-refractivity contribution in [1.82, 2.24) is 0 Å². The second-order valence-corrected chi connectivity index (χ2v) is 5.13. The highest BCUT2D eigenvalue weighted by Crippen LogP contribution is 2.26. The highest BCUT2D eigenvalue weighted by Gasteiger charge is 2.13. The van der Waals surface area contributed by atoms with Gasteiger partial charge in [0.2, 0.25) is 0 Å². The lowest BCUT2D eigenvalue weighted by Gasteiger charge is -2.11. The molecule has 0 radical (unpaired) electrons. The zero-order chi connectivity index (χ0) is 14.7. The predicted octanol–water partition coefficient (Wildman–Crippen LogP) is 4.48. The molecule has 0 atom stereocenters. The van der Waals surface area contributed by atoms with Crippen LogP contribution in [0, 0.1) is 24.0 Å². The minimum absolute atomic E-state index is 0.149. The minimum Gasteiger partial charge on any atom is -0.381 e. The Labute approximate surface area is 122 Å². The number of nitrogens with zero attached hydrogens (tertiary/aromatic N) is 1. The SMILES string of the molecule is Cc1cc([N+](=O)[O-])c(C)cc1NCc1cccc(Cl)c1. The van der Waals surface area contributed by atoms with Crippen molar-refractivity contribution < 1.29 is 4.92 Å². The van der Waals surface area contributed by atoms with Gasteiger partial charge in [-0.25, -0.2) is 0 Å². The third-order valence-electron chi connectivity index (χ3n) is 3.11. The van der Waals surface area contributed by atoms with E-state index in [0.717, 1.165) is 16.8 Å². The monoisotopic (exact) mass is 290 g/mol. The molecule has 2 aromatic rings. The first-order valence-electron chi connectivity index (χ1n) is 6.21. The molecule has 2 rings (SSSR count). The smallest absolute Gasteiger partial charge is 0.272 e. The van der Waals surface area contributed by atoms with Crippen LogP contribution in [-0.4, -0.2) is 4.92 Å². The van der Waals surface area contributed by atoms with E-state index >= 15 is 0 Å². The van der Waals surface area contributed by atoms with E-state index in [1.165, 1.54) is 0 Å². The molecular formula is C15H15ClN2O2. The number of anilines is 1. The largest absolute Gasteiger partial charge is 0.381 e. The van der Waals surface area contributed by atoms with E-state index in [-0.39, 0.29) is 10.6 Å². The van der Waals surface area contributed by atoms with E-state index in [1.54, 1.807) is 19.1 Å². The van der Waals surface area contributed by atoms with Crippen LogP contribution in [0.15, 0.2) is 36.4 Å². The molecule has 0 unspecified atom stereocenters.